The van der Waals surface area contributed by atoms with Crippen LogP contribution in [0.1, 0.15) is 63.8 Å². The summed E-state index contributed by atoms with van der Waals surface area (Å²) in [4.78, 5) is 7.41. The van der Waals surface area contributed by atoms with Crippen molar-refractivity contribution in [3.63, 3.8) is 0 Å². The summed E-state index contributed by atoms with van der Waals surface area (Å²) in [5.41, 5.74) is 3.83. The lowest BCUT2D eigenvalue weighted by atomic mass is 10.1. The average molecular weight is 291 g/mol. The number of hydrogen-bond donors (Lipinski definition) is 1. The Bertz CT molecular complexity index is 429. The molecule has 3 heteroatoms. The highest BCUT2D eigenvalue weighted by molar-refractivity contribution is 5.52. The van der Waals surface area contributed by atoms with Gasteiger partial charge in [0.25, 0.3) is 0 Å². The summed E-state index contributed by atoms with van der Waals surface area (Å²) in [5.74, 6) is 1.19. The molecular weight excluding hydrogens is 258 g/mol. The van der Waals surface area contributed by atoms with Gasteiger partial charge in [0.15, 0.2) is 0 Å². The lowest BCUT2D eigenvalue weighted by molar-refractivity contribution is 0.583. The van der Waals surface area contributed by atoms with Gasteiger partial charge in [-0.1, -0.05) is 27.2 Å². The average Bonchev–Trinajstić information content (AvgIpc) is 2.46. The maximum Gasteiger partial charge on any atom is 0.133 e. The van der Waals surface area contributed by atoms with Crippen molar-refractivity contribution >= 4 is 5.82 Å². The maximum absolute atomic E-state index is 4.90. The third-order valence-electron chi connectivity index (χ3n) is 4.15. The minimum absolute atomic E-state index is 0.533. The number of pyridine rings is 1. The molecule has 0 spiro atoms. The number of nitrogens with zero attached hydrogens (tertiary/aromatic N) is 2. The van der Waals surface area contributed by atoms with Crippen LogP contribution in [0.4, 0.5) is 5.82 Å². The third-order valence-corrected chi connectivity index (χ3v) is 4.15. The molecule has 21 heavy (non-hydrogen) atoms. The second-order valence-corrected chi connectivity index (χ2v) is 5.97. The van der Waals surface area contributed by atoms with E-state index in [9.17, 15) is 0 Å². The molecule has 1 aromatic heterocycles. The van der Waals surface area contributed by atoms with Crippen molar-refractivity contribution < 1.29 is 0 Å². The van der Waals surface area contributed by atoms with Crippen molar-refractivity contribution in [3.05, 3.63) is 22.9 Å². The van der Waals surface area contributed by atoms with Gasteiger partial charge in [-0.3, -0.25) is 0 Å². The van der Waals surface area contributed by atoms with Gasteiger partial charge in [-0.15, -0.1) is 0 Å². The molecule has 1 atom stereocenters. The lowest BCUT2D eigenvalue weighted by Crippen LogP contribution is -2.36. The molecule has 0 aliphatic heterocycles. The molecular formula is C18H33N3. The lowest BCUT2D eigenvalue weighted by Gasteiger charge is -2.32. The summed E-state index contributed by atoms with van der Waals surface area (Å²) in [6, 6.07) is 2.73. The Balaban J connectivity index is 3.19. The Hall–Kier alpha value is -1.09. The largest absolute Gasteiger partial charge is 0.354 e. The van der Waals surface area contributed by atoms with E-state index in [1.54, 1.807) is 0 Å². The smallest absolute Gasteiger partial charge is 0.133 e. The Morgan fingerprint density at radius 3 is 2.52 bits per heavy atom. The Labute approximate surface area is 131 Å². The number of rotatable bonds is 9. The van der Waals surface area contributed by atoms with Crippen molar-refractivity contribution in [2.45, 2.75) is 73.4 Å². The summed E-state index contributed by atoms with van der Waals surface area (Å²) in [7, 11) is 0. The predicted octanol–water partition coefficient (Wildman–Crippen LogP) is 4.21. The van der Waals surface area contributed by atoms with Crippen LogP contribution in [0.5, 0.6) is 0 Å². The molecule has 1 N–H and O–H groups in total. The maximum atomic E-state index is 4.90. The van der Waals surface area contributed by atoms with Crippen molar-refractivity contribution in [2.24, 2.45) is 0 Å². The molecule has 1 rings (SSSR count). The highest BCUT2D eigenvalue weighted by Gasteiger charge is 2.19. The van der Waals surface area contributed by atoms with Crippen LogP contribution in [-0.2, 0) is 6.54 Å². The molecule has 0 fully saturated rings. The molecule has 0 amide bonds. The molecule has 1 heterocycles. The Morgan fingerprint density at radius 1 is 1.24 bits per heavy atom. The fourth-order valence-electron chi connectivity index (χ4n) is 2.63. The van der Waals surface area contributed by atoms with E-state index in [1.807, 2.05) is 0 Å². The van der Waals surface area contributed by atoms with Gasteiger partial charge in [-0.25, -0.2) is 4.98 Å². The van der Waals surface area contributed by atoms with Crippen molar-refractivity contribution in [1.82, 2.24) is 10.3 Å². The molecule has 1 unspecified atom stereocenters. The first kappa shape index (κ1) is 18.0. The zero-order valence-corrected chi connectivity index (χ0v) is 14.8. The van der Waals surface area contributed by atoms with E-state index in [0.29, 0.717) is 6.04 Å². The first-order valence-electron chi connectivity index (χ1n) is 8.49. The minimum Gasteiger partial charge on any atom is -0.354 e. The van der Waals surface area contributed by atoms with Gasteiger partial charge in [-0.2, -0.15) is 0 Å². The van der Waals surface area contributed by atoms with Crippen LogP contribution in [0.25, 0.3) is 0 Å². The van der Waals surface area contributed by atoms with E-state index in [1.165, 1.54) is 29.8 Å². The number of anilines is 1. The van der Waals surface area contributed by atoms with Crippen LogP contribution in [0.15, 0.2) is 6.07 Å². The number of aryl methyl sites for hydroxylation is 2. The molecule has 0 bridgehead atoms. The van der Waals surface area contributed by atoms with Crippen molar-refractivity contribution in [1.29, 1.82) is 0 Å². The molecule has 0 aliphatic rings. The first-order valence-corrected chi connectivity index (χ1v) is 8.49. The normalized spacial score (nSPS) is 12.5. The molecule has 0 aliphatic carbocycles. The van der Waals surface area contributed by atoms with Gasteiger partial charge in [0.05, 0.1) is 0 Å². The second kappa shape index (κ2) is 9.04. The van der Waals surface area contributed by atoms with Gasteiger partial charge in [0.1, 0.15) is 5.82 Å². The molecule has 0 saturated carbocycles. The fourth-order valence-corrected chi connectivity index (χ4v) is 2.63. The molecule has 3 nitrogen and oxygen atoms in total. The summed E-state index contributed by atoms with van der Waals surface area (Å²) in [6.07, 6.45) is 3.60. The van der Waals surface area contributed by atoms with Crippen LogP contribution >= 0.6 is 0 Å². The summed E-state index contributed by atoms with van der Waals surface area (Å²) in [6.45, 7) is 16.3. The van der Waals surface area contributed by atoms with Gasteiger partial charge in [-0.05, 0) is 51.8 Å². The second-order valence-electron chi connectivity index (χ2n) is 5.97. The van der Waals surface area contributed by atoms with E-state index in [-0.39, 0.29) is 0 Å². The quantitative estimate of drug-likeness (QED) is 0.738. The summed E-state index contributed by atoms with van der Waals surface area (Å²) >= 11 is 0. The zero-order valence-electron chi connectivity index (χ0n) is 14.8. The highest BCUT2D eigenvalue weighted by atomic mass is 15.2. The van der Waals surface area contributed by atoms with Gasteiger partial charge >= 0.3 is 0 Å². The van der Waals surface area contributed by atoms with Gasteiger partial charge in [0, 0.05) is 30.4 Å². The summed E-state index contributed by atoms with van der Waals surface area (Å²) in [5, 5.41) is 3.47. The van der Waals surface area contributed by atoms with Crippen molar-refractivity contribution in [2.75, 3.05) is 18.0 Å². The molecule has 0 saturated heterocycles. The van der Waals surface area contributed by atoms with E-state index in [0.717, 1.165) is 31.7 Å². The topological polar surface area (TPSA) is 28.2 Å². The first-order chi connectivity index (χ1) is 10.0. The van der Waals surface area contributed by atoms with Crippen LogP contribution in [0.3, 0.4) is 0 Å². The summed E-state index contributed by atoms with van der Waals surface area (Å²) < 4.78 is 0. The monoisotopic (exact) mass is 291 g/mol. The van der Waals surface area contributed by atoms with Gasteiger partial charge in [0.2, 0.25) is 0 Å². The fraction of sp³-hybridized carbons (Fsp3) is 0.722. The standard InChI is InChI=1S/C18H33N3/c1-7-10-11-21(16(6)8-2)18-17(13-19-9-3)14(4)12-15(5)20-18/h12,16,19H,7-11,13H2,1-6H3. The molecule has 0 radical (unpaired) electrons. The number of unbranched alkanes of at least 4 members (excludes halogenated alkanes) is 1. The van der Waals surface area contributed by atoms with E-state index >= 15 is 0 Å². The van der Waals surface area contributed by atoms with Crippen molar-refractivity contribution in [3.8, 4) is 0 Å². The highest BCUT2D eigenvalue weighted by Crippen LogP contribution is 2.25. The molecule has 0 aromatic carbocycles. The zero-order chi connectivity index (χ0) is 15.8. The number of aromatic nitrogens is 1. The van der Waals surface area contributed by atoms with Crippen LogP contribution in [0, 0.1) is 13.8 Å². The number of nitrogens with one attached hydrogen (secondary N) is 1. The Morgan fingerprint density at radius 2 is 1.95 bits per heavy atom. The van der Waals surface area contributed by atoms with E-state index < -0.39 is 0 Å². The minimum atomic E-state index is 0.533. The third kappa shape index (κ3) is 4.99. The van der Waals surface area contributed by atoms with Crippen LogP contribution < -0.4 is 10.2 Å². The van der Waals surface area contributed by atoms with Gasteiger partial charge < -0.3 is 10.2 Å². The van der Waals surface area contributed by atoms with Crippen LogP contribution in [0.2, 0.25) is 0 Å². The Kier molecular flexibility index (Phi) is 7.73. The number of hydrogen-bond acceptors (Lipinski definition) is 3. The van der Waals surface area contributed by atoms with E-state index in [2.05, 4.69) is 57.8 Å². The molecule has 120 valence electrons. The van der Waals surface area contributed by atoms with E-state index in [4.69, 9.17) is 4.98 Å². The van der Waals surface area contributed by atoms with Crippen LogP contribution in [-0.4, -0.2) is 24.1 Å². The SMILES string of the molecule is CCCCN(c1nc(C)cc(C)c1CNCC)C(C)CC. The predicted molar refractivity (Wildman–Crippen MR) is 93.1 cm³/mol. The molecule has 1 aromatic rings.